The van der Waals surface area contributed by atoms with Gasteiger partial charge in [-0.1, -0.05) is 62.2 Å². The van der Waals surface area contributed by atoms with Crippen LogP contribution < -0.4 is 9.62 Å². The maximum absolute atomic E-state index is 13.5. The Morgan fingerprint density at radius 3 is 2.39 bits per heavy atom. The van der Waals surface area contributed by atoms with Crippen molar-refractivity contribution in [1.82, 2.24) is 10.2 Å². The van der Waals surface area contributed by atoms with Crippen molar-refractivity contribution in [2.45, 2.75) is 65.5 Å². The second kappa shape index (κ2) is 14.2. The topological polar surface area (TPSA) is 86.8 Å². The lowest BCUT2D eigenvalue weighted by atomic mass is 10.1. The minimum Gasteiger partial charge on any atom is -0.354 e. The molecule has 0 fully saturated rings. The first kappa shape index (κ1) is 29.6. The predicted octanol–water partition coefficient (Wildman–Crippen LogP) is 4.92. The number of halogens is 1. The number of nitrogens with one attached hydrogen (secondary N) is 1. The SMILES string of the molecule is CCCCNC(=O)C(CC)N(Cc1ccccc1C)C(=O)CCCN(c1cccc(Cl)c1)S(C)(=O)=O. The van der Waals surface area contributed by atoms with Crippen LogP contribution in [0.5, 0.6) is 0 Å². The zero-order chi connectivity index (χ0) is 26.7. The van der Waals surface area contributed by atoms with E-state index < -0.39 is 16.1 Å². The first-order valence-corrected chi connectivity index (χ1v) is 14.7. The van der Waals surface area contributed by atoms with E-state index in [0.717, 1.165) is 30.2 Å². The van der Waals surface area contributed by atoms with Gasteiger partial charge in [-0.3, -0.25) is 13.9 Å². The summed E-state index contributed by atoms with van der Waals surface area (Å²) in [6.07, 6.45) is 3.86. The molecule has 1 atom stereocenters. The minimum absolute atomic E-state index is 0.108. The maximum Gasteiger partial charge on any atom is 0.242 e. The van der Waals surface area contributed by atoms with Gasteiger partial charge >= 0.3 is 0 Å². The quantitative estimate of drug-likeness (QED) is 0.348. The number of anilines is 1. The molecule has 0 aliphatic rings. The van der Waals surface area contributed by atoms with Gasteiger partial charge < -0.3 is 10.2 Å². The maximum atomic E-state index is 13.5. The molecule has 2 rings (SSSR count). The van der Waals surface area contributed by atoms with E-state index in [-0.39, 0.29) is 24.8 Å². The summed E-state index contributed by atoms with van der Waals surface area (Å²) in [5, 5.41) is 3.39. The molecule has 0 spiro atoms. The second-order valence-electron chi connectivity index (χ2n) is 8.94. The van der Waals surface area contributed by atoms with Crippen molar-refractivity contribution in [3.63, 3.8) is 0 Å². The Morgan fingerprint density at radius 2 is 1.78 bits per heavy atom. The van der Waals surface area contributed by atoms with Crippen molar-refractivity contribution >= 4 is 39.1 Å². The molecule has 2 aromatic carbocycles. The first-order valence-electron chi connectivity index (χ1n) is 12.4. The van der Waals surface area contributed by atoms with Gasteiger partial charge in [0.25, 0.3) is 0 Å². The molecule has 0 radical (unpaired) electrons. The number of carbonyl (C=O) groups excluding carboxylic acids is 2. The van der Waals surface area contributed by atoms with Crippen molar-refractivity contribution in [1.29, 1.82) is 0 Å². The second-order valence-corrected chi connectivity index (χ2v) is 11.3. The Kier molecular flexibility index (Phi) is 11.7. The van der Waals surface area contributed by atoms with Gasteiger partial charge in [-0.05, 0) is 55.5 Å². The number of rotatable bonds is 14. The number of amides is 2. The molecule has 1 unspecified atom stereocenters. The summed E-state index contributed by atoms with van der Waals surface area (Å²) in [5.74, 6) is -0.347. The number of benzene rings is 2. The fraction of sp³-hybridized carbons (Fsp3) is 0.481. The largest absolute Gasteiger partial charge is 0.354 e. The molecule has 0 heterocycles. The Morgan fingerprint density at radius 1 is 1.06 bits per heavy atom. The zero-order valence-electron chi connectivity index (χ0n) is 21.7. The highest BCUT2D eigenvalue weighted by Crippen LogP contribution is 2.23. The van der Waals surface area contributed by atoms with Gasteiger partial charge in [-0.25, -0.2) is 8.42 Å². The van der Waals surface area contributed by atoms with Gasteiger partial charge in [0.2, 0.25) is 21.8 Å². The van der Waals surface area contributed by atoms with Crippen LogP contribution in [-0.2, 0) is 26.2 Å². The molecule has 198 valence electrons. The Balaban J connectivity index is 2.21. The van der Waals surface area contributed by atoms with Crippen LogP contribution >= 0.6 is 11.6 Å². The number of hydrogen-bond acceptors (Lipinski definition) is 4. The van der Waals surface area contributed by atoms with Crippen molar-refractivity contribution < 1.29 is 18.0 Å². The number of sulfonamides is 1. The van der Waals surface area contributed by atoms with E-state index in [9.17, 15) is 18.0 Å². The molecule has 0 saturated heterocycles. The van der Waals surface area contributed by atoms with E-state index in [1.54, 1.807) is 29.2 Å². The van der Waals surface area contributed by atoms with Crippen LogP contribution in [0.4, 0.5) is 5.69 Å². The highest BCUT2D eigenvalue weighted by atomic mass is 35.5. The van der Waals surface area contributed by atoms with Crippen LogP contribution in [0.15, 0.2) is 48.5 Å². The number of carbonyl (C=O) groups is 2. The number of aryl methyl sites for hydroxylation is 1. The summed E-state index contributed by atoms with van der Waals surface area (Å²) >= 11 is 6.06. The van der Waals surface area contributed by atoms with Crippen LogP contribution in [0, 0.1) is 6.92 Å². The van der Waals surface area contributed by atoms with Crippen molar-refractivity contribution in [3.05, 3.63) is 64.7 Å². The standard InChI is InChI=1S/C27H38ClN3O4S/c1-5-7-17-29-27(33)25(6-2)30(20-22-13-9-8-12-21(22)3)26(32)16-11-18-31(36(4,34)35)24-15-10-14-23(28)19-24/h8-10,12-15,19,25H,5-7,11,16-18,20H2,1-4H3,(H,29,33). The predicted molar refractivity (Wildman–Crippen MR) is 147 cm³/mol. The highest BCUT2D eigenvalue weighted by molar-refractivity contribution is 7.92. The molecule has 0 aromatic heterocycles. The zero-order valence-corrected chi connectivity index (χ0v) is 23.2. The van der Waals surface area contributed by atoms with Crippen molar-refractivity contribution in [2.75, 3.05) is 23.7 Å². The molecule has 0 aliphatic carbocycles. The Bertz CT molecular complexity index is 1120. The first-order chi connectivity index (χ1) is 17.1. The minimum atomic E-state index is -3.57. The van der Waals surface area contributed by atoms with E-state index >= 15 is 0 Å². The summed E-state index contributed by atoms with van der Waals surface area (Å²) < 4.78 is 26.1. The Labute approximate surface area is 220 Å². The fourth-order valence-corrected chi connectivity index (χ4v) is 5.17. The smallest absolute Gasteiger partial charge is 0.242 e. The molecule has 9 heteroatoms. The van der Waals surface area contributed by atoms with Gasteiger partial charge in [0.05, 0.1) is 11.9 Å². The van der Waals surface area contributed by atoms with Gasteiger partial charge in [0.1, 0.15) is 6.04 Å². The normalized spacial score (nSPS) is 12.1. The lowest BCUT2D eigenvalue weighted by Crippen LogP contribution is -2.49. The molecule has 0 aliphatic heterocycles. The molecule has 2 amide bonds. The monoisotopic (exact) mass is 535 g/mol. The third-order valence-electron chi connectivity index (χ3n) is 6.07. The van der Waals surface area contributed by atoms with Gasteiger partial charge in [0, 0.05) is 31.1 Å². The molecule has 36 heavy (non-hydrogen) atoms. The van der Waals surface area contributed by atoms with Crippen LogP contribution in [-0.4, -0.2) is 50.5 Å². The van der Waals surface area contributed by atoms with Crippen molar-refractivity contribution in [3.8, 4) is 0 Å². The average molecular weight is 536 g/mol. The van der Waals surface area contributed by atoms with E-state index in [1.165, 1.54) is 4.31 Å². The lowest BCUT2D eigenvalue weighted by Gasteiger charge is -2.31. The molecule has 7 nitrogen and oxygen atoms in total. The Hall–Kier alpha value is -2.58. The van der Waals surface area contributed by atoms with E-state index in [4.69, 9.17) is 11.6 Å². The third kappa shape index (κ3) is 8.82. The molecule has 2 aromatic rings. The van der Waals surface area contributed by atoms with Crippen LogP contribution in [0.3, 0.4) is 0 Å². The summed E-state index contributed by atoms with van der Waals surface area (Å²) in [6.45, 7) is 6.95. The summed E-state index contributed by atoms with van der Waals surface area (Å²) in [6, 6.07) is 13.8. The number of hydrogen-bond donors (Lipinski definition) is 1. The summed E-state index contributed by atoms with van der Waals surface area (Å²) in [7, 11) is -3.57. The van der Waals surface area contributed by atoms with E-state index in [0.29, 0.717) is 36.6 Å². The highest BCUT2D eigenvalue weighted by Gasteiger charge is 2.29. The average Bonchev–Trinajstić information content (AvgIpc) is 2.82. The van der Waals surface area contributed by atoms with Gasteiger partial charge in [-0.2, -0.15) is 0 Å². The van der Waals surface area contributed by atoms with Gasteiger partial charge in [-0.15, -0.1) is 0 Å². The fourth-order valence-electron chi connectivity index (χ4n) is 4.03. The molecular weight excluding hydrogens is 498 g/mol. The summed E-state index contributed by atoms with van der Waals surface area (Å²) in [5.41, 5.74) is 2.47. The molecular formula is C27H38ClN3O4S. The summed E-state index contributed by atoms with van der Waals surface area (Å²) in [4.78, 5) is 28.1. The molecule has 0 saturated carbocycles. The van der Waals surface area contributed by atoms with E-state index in [2.05, 4.69) is 12.2 Å². The van der Waals surface area contributed by atoms with Crippen LogP contribution in [0.2, 0.25) is 5.02 Å². The van der Waals surface area contributed by atoms with Crippen LogP contribution in [0.1, 0.15) is 57.1 Å². The molecule has 1 N–H and O–H groups in total. The number of nitrogens with zero attached hydrogens (tertiary/aromatic N) is 2. The van der Waals surface area contributed by atoms with Crippen molar-refractivity contribution in [2.24, 2.45) is 0 Å². The lowest BCUT2D eigenvalue weighted by molar-refractivity contribution is -0.141. The third-order valence-corrected chi connectivity index (χ3v) is 7.49. The van der Waals surface area contributed by atoms with Crippen LogP contribution in [0.25, 0.3) is 0 Å². The molecule has 0 bridgehead atoms. The number of unbranched alkanes of at least 4 members (excludes halogenated alkanes) is 1. The van der Waals surface area contributed by atoms with E-state index in [1.807, 2.05) is 38.1 Å². The van der Waals surface area contributed by atoms with Gasteiger partial charge in [0.15, 0.2) is 0 Å².